The Balaban J connectivity index is 1.96. The first-order valence-corrected chi connectivity index (χ1v) is 7.34. The van der Waals surface area contributed by atoms with E-state index in [9.17, 15) is 19.1 Å². The Morgan fingerprint density at radius 2 is 1.90 bits per heavy atom. The van der Waals surface area contributed by atoms with Crippen LogP contribution in [0.4, 0.5) is 4.39 Å². The van der Waals surface area contributed by atoms with Crippen molar-refractivity contribution in [3.8, 4) is 0 Å². The van der Waals surface area contributed by atoms with Gasteiger partial charge in [-0.25, -0.2) is 9.18 Å². The number of halogens is 1. The van der Waals surface area contributed by atoms with Crippen molar-refractivity contribution < 1.29 is 19.1 Å². The van der Waals surface area contributed by atoms with Gasteiger partial charge in [0, 0.05) is 13.0 Å². The minimum atomic E-state index is -0.924. The Morgan fingerprint density at radius 1 is 1.19 bits per heavy atom. The van der Waals surface area contributed by atoms with Gasteiger partial charge in [0.05, 0.1) is 0 Å². The first kappa shape index (κ1) is 15.5. The van der Waals surface area contributed by atoms with Crippen LogP contribution in [-0.4, -0.2) is 34.5 Å². The van der Waals surface area contributed by atoms with E-state index in [2.05, 4.69) is 0 Å². The van der Waals surface area contributed by atoms with Crippen LogP contribution >= 0.6 is 0 Å². The van der Waals surface area contributed by atoms with Gasteiger partial charge in [-0.05, 0) is 37.0 Å². The van der Waals surface area contributed by atoms with E-state index in [4.69, 9.17) is 0 Å². The van der Waals surface area contributed by atoms with Crippen molar-refractivity contribution in [2.24, 2.45) is 0 Å². The van der Waals surface area contributed by atoms with Gasteiger partial charge in [0.2, 0.25) is 5.91 Å². The summed E-state index contributed by atoms with van der Waals surface area (Å²) in [5, 5.41) is 9.26. The highest BCUT2D eigenvalue weighted by atomic mass is 19.1. The third-order valence-corrected chi connectivity index (χ3v) is 3.90. The molecular formula is C16H20FNO3. The molecule has 0 aromatic heterocycles. The summed E-state index contributed by atoms with van der Waals surface area (Å²) in [6.07, 6.45) is 3.95. The molecule has 1 amide bonds. The molecule has 0 bridgehead atoms. The van der Waals surface area contributed by atoms with E-state index in [-0.39, 0.29) is 18.1 Å². The lowest BCUT2D eigenvalue weighted by Gasteiger charge is -2.27. The summed E-state index contributed by atoms with van der Waals surface area (Å²) in [5.41, 5.74) is 0.881. The SMILES string of the molecule is O=C(O)C1CCCCCN1C(=O)CCc1ccc(F)cc1. The number of carboxylic acids is 1. The normalized spacial score (nSPS) is 19.1. The number of aliphatic carboxylic acids is 1. The topological polar surface area (TPSA) is 57.6 Å². The fourth-order valence-corrected chi connectivity index (χ4v) is 2.71. The second kappa shape index (κ2) is 7.20. The number of amides is 1. The van der Waals surface area contributed by atoms with Crippen molar-refractivity contribution in [1.29, 1.82) is 0 Å². The average molecular weight is 293 g/mol. The summed E-state index contributed by atoms with van der Waals surface area (Å²) in [4.78, 5) is 25.1. The summed E-state index contributed by atoms with van der Waals surface area (Å²) >= 11 is 0. The Kier molecular flexibility index (Phi) is 5.31. The summed E-state index contributed by atoms with van der Waals surface area (Å²) in [5.74, 6) is -1.36. The number of nitrogens with zero attached hydrogens (tertiary/aromatic N) is 1. The molecule has 1 saturated heterocycles. The van der Waals surface area contributed by atoms with Gasteiger partial charge in [-0.1, -0.05) is 25.0 Å². The van der Waals surface area contributed by atoms with Gasteiger partial charge in [0.1, 0.15) is 11.9 Å². The molecule has 114 valence electrons. The number of aryl methyl sites for hydroxylation is 1. The Labute approximate surface area is 123 Å². The lowest BCUT2D eigenvalue weighted by Crippen LogP contribution is -2.44. The average Bonchev–Trinajstić information content (AvgIpc) is 2.72. The number of hydrogen-bond acceptors (Lipinski definition) is 2. The molecule has 5 heteroatoms. The summed E-state index contributed by atoms with van der Waals surface area (Å²) in [6, 6.07) is 5.34. The molecule has 21 heavy (non-hydrogen) atoms. The van der Waals surface area contributed by atoms with Crippen LogP contribution in [0.3, 0.4) is 0 Å². The van der Waals surface area contributed by atoms with Crippen molar-refractivity contribution in [3.63, 3.8) is 0 Å². The van der Waals surface area contributed by atoms with Crippen LogP contribution in [0.1, 0.15) is 37.7 Å². The molecule has 2 rings (SSSR count). The fourth-order valence-electron chi connectivity index (χ4n) is 2.71. The van der Waals surface area contributed by atoms with Gasteiger partial charge in [0.15, 0.2) is 0 Å². The van der Waals surface area contributed by atoms with Crippen LogP contribution < -0.4 is 0 Å². The van der Waals surface area contributed by atoms with Crippen LogP contribution in [0.15, 0.2) is 24.3 Å². The monoisotopic (exact) mass is 293 g/mol. The van der Waals surface area contributed by atoms with Crippen LogP contribution in [-0.2, 0) is 16.0 Å². The van der Waals surface area contributed by atoms with Crippen LogP contribution in [0.2, 0.25) is 0 Å². The molecule has 0 spiro atoms. The number of likely N-dealkylation sites (tertiary alicyclic amines) is 1. The smallest absolute Gasteiger partial charge is 0.326 e. The van der Waals surface area contributed by atoms with Gasteiger partial charge in [-0.3, -0.25) is 4.79 Å². The van der Waals surface area contributed by atoms with E-state index in [1.807, 2.05) is 0 Å². The van der Waals surface area contributed by atoms with Crippen molar-refractivity contribution in [1.82, 2.24) is 4.90 Å². The van der Waals surface area contributed by atoms with Crippen molar-refractivity contribution in [3.05, 3.63) is 35.6 Å². The highest BCUT2D eigenvalue weighted by Crippen LogP contribution is 2.18. The molecule has 1 atom stereocenters. The van der Waals surface area contributed by atoms with Crippen molar-refractivity contribution in [2.45, 2.75) is 44.6 Å². The number of hydrogen-bond donors (Lipinski definition) is 1. The number of carbonyl (C=O) groups is 2. The van der Waals surface area contributed by atoms with E-state index < -0.39 is 12.0 Å². The molecule has 1 aliphatic rings. The van der Waals surface area contributed by atoms with Crippen LogP contribution in [0.25, 0.3) is 0 Å². The largest absolute Gasteiger partial charge is 0.480 e. The Morgan fingerprint density at radius 3 is 2.57 bits per heavy atom. The molecule has 1 heterocycles. The minimum absolute atomic E-state index is 0.131. The van der Waals surface area contributed by atoms with E-state index in [0.717, 1.165) is 24.8 Å². The van der Waals surface area contributed by atoms with E-state index in [1.54, 1.807) is 12.1 Å². The maximum absolute atomic E-state index is 12.8. The number of carboxylic acid groups (broad SMARTS) is 1. The van der Waals surface area contributed by atoms with Gasteiger partial charge >= 0.3 is 5.97 Å². The number of rotatable bonds is 4. The minimum Gasteiger partial charge on any atom is -0.480 e. The molecule has 1 fully saturated rings. The molecule has 0 aliphatic carbocycles. The zero-order chi connectivity index (χ0) is 15.2. The van der Waals surface area contributed by atoms with Gasteiger partial charge in [0.25, 0.3) is 0 Å². The van der Waals surface area contributed by atoms with E-state index >= 15 is 0 Å². The zero-order valence-electron chi connectivity index (χ0n) is 11.9. The van der Waals surface area contributed by atoms with Crippen molar-refractivity contribution in [2.75, 3.05) is 6.54 Å². The Hall–Kier alpha value is -1.91. The maximum Gasteiger partial charge on any atom is 0.326 e. The molecule has 1 N–H and O–H groups in total. The van der Waals surface area contributed by atoms with Gasteiger partial charge < -0.3 is 10.0 Å². The second-order valence-electron chi connectivity index (χ2n) is 5.42. The van der Waals surface area contributed by atoms with Crippen LogP contribution in [0, 0.1) is 5.82 Å². The standard InChI is InChI=1S/C16H20FNO3/c17-13-8-5-12(6-9-13)7-10-15(19)18-11-3-1-2-4-14(18)16(20)21/h5-6,8-9,14H,1-4,7,10-11H2,(H,20,21). The quantitative estimate of drug-likeness (QED) is 0.928. The second-order valence-corrected chi connectivity index (χ2v) is 5.42. The number of benzene rings is 1. The van der Waals surface area contributed by atoms with Gasteiger partial charge in [-0.15, -0.1) is 0 Å². The summed E-state index contributed by atoms with van der Waals surface area (Å²) < 4.78 is 12.8. The highest BCUT2D eigenvalue weighted by Gasteiger charge is 2.30. The first-order chi connectivity index (χ1) is 10.1. The predicted octanol–water partition coefficient (Wildman–Crippen LogP) is 2.61. The molecule has 1 aliphatic heterocycles. The number of carbonyl (C=O) groups excluding carboxylic acids is 1. The highest BCUT2D eigenvalue weighted by molar-refractivity contribution is 5.83. The lowest BCUT2D eigenvalue weighted by atomic mass is 10.1. The van der Waals surface area contributed by atoms with E-state index in [1.165, 1.54) is 17.0 Å². The summed E-state index contributed by atoms with van der Waals surface area (Å²) in [7, 11) is 0. The van der Waals surface area contributed by atoms with E-state index in [0.29, 0.717) is 19.4 Å². The lowest BCUT2D eigenvalue weighted by molar-refractivity contribution is -0.150. The third kappa shape index (κ3) is 4.28. The molecule has 0 radical (unpaired) electrons. The third-order valence-electron chi connectivity index (χ3n) is 3.90. The first-order valence-electron chi connectivity index (χ1n) is 7.34. The molecule has 0 saturated carbocycles. The predicted molar refractivity (Wildman–Crippen MR) is 76.3 cm³/mol. The molecule has 4 nitrogen and oxygen atoms in total. The molecule has 1 unspecified atom stereocenters. The summed E-state index contributed by atoms with van der Waals surface area (Å²) in [6.45, 7) is 0.513. The molecule has 1 aromatic carbocycles. The Bertz CT molecular complexity index is 501. The zero-order valence-corrected chi connectivity index (χ0v) is 11.9. The van der Waals surface area contributed by atoms with Gasteiger partial charge in [-0.2, -0.15) is 0 Å². The molecule has 1 aromatic rings. The van der Waals surface area contributed by atoms with Crippen LogP contribution in [0.5, 0.6) is 0 Å². The molecular weight excluding hydrogens is 273 g/mol. The maximum atomic E-state index is 12.8. The van der Waals surface area contributed by atoms with Crippen molar-refractivity contribution >= 4 is 11.9 Å². The fraction of sp³-hybridized carbons (Fsp3) is 0.500.